The van der Waals surface area contributed by atoms with E-state index in [2.05, 4.69) is 20.9 Å². The van der Waals surface area contributed by atoms with E-state index in [0.29, 0.717) is 28.7 Å². The number of ether oxygens (including phenoxy) is 1. The highest BCUT2D eigenvalue weighted by Gasteiger charge is 2.10. The van der Waals surface area contributed by atoms with Gasteiger partial charge in [-0.1, -0.05) is 30.4 Å². The van der Waals surface area contributed by atoms with Crippen LogP contribution in [0.2, 0.25) is 0 Å². The van der Waals surface area contributed by atoms with Crippen LogP contribution in [-0.4, -0.2) is 24.0 Å². The standard InChI is InChI=1S/C18H18N4O3S/c1-3-16(23)22-18-21-13-9-8-11(10-15(13)26-18)19-17(24)20-12-6-4-5-7-14(12)25-2/h4-10H,3H2,1-2H3,(H2,19,20,24)(H,21,22,23). The number of rotatable bonds is 5. The third-order valence-electron chi connectivity index (χ3n) is 3.57. The van der Waals surface area contributed by atoms with Gasteiger partial charge >= 0.3 is 6.03 Å². The van der Waals surface area contributed by atoms with Crippen molar-refractivity contribution in [2.75, 3.05) is 23.1 Å². The van der Waals surface area contributed by atoms with Crippen molar-refractivity contribution in [2.24, 2.45) is 0 Å². The van der Waals surface area contributed by atoms with Gasteiger partial charge in [0.1, 0.15) is 5.75 Å². The number of hydrogen-bond acceptors (Lipinski definition) is 5. The Labute approximate surface area is 154 Å². The highest BCUT2D eigenvalue weighted by atomic mass is 32.1. The molecule has 134 valence electrons. The second-order valence-corrected chi connectivity index (χ2v) is 6.41. The summed E-state index contributed by atoms with van der Waals surface area (Å²) in [6, 6.07) is 12.2. The lowest BCUT2D eigenvalue weighted by Crippen LogP contribution is -2.19. The number of thiazole rings is 1. The molecule has 3 N–H and O–H groups in total. The van der Waals surface area contributed by atoms with Gasteiger partial charge in [0.05, 0.1) is 23.0 Å². The number of para-hydroxylation sites is 2. The van der Waals surface area contributed by atoms with Gasteiger partial charge in [-0.15, -0.1) is 0 Å². The first-order valence-electron chi connectivity index (χ1n) is 8.00. The Morgan fingerprint density at radius 3 is 2.69 bits per heavy atom. The zero-order chi connectivity index (χ0) is 18.5. The molecule has 3 amide bonds. The molecule has 0 radical (unpaired) electrons. The SMILES string of the molecule is CCC(=O)Nc1nc2ccc(NC(=O)Nc3ccccc3OC)cc2s1. The number of nitrogens with zero attached hydrogens (tertiary/aromatic N) is 1. The van der Waals surface area contributed by atoms with Crippen LogP contribution in [0.25, 0.3) is 10.2 Å². The van der Waals surface area contributed by atoms with Crippen LogP contribution in [0.4, 0.5) is 21.3 Å². The maximum absolute atomic E-state index is 12.2. The zero-order valence-corrected chi connectivity index (χ0v) is 15.1. The van der Waals surface area contributed by atoms with E-state index in [4.69, 9.17) is 4.74 Å². The van der Waals surface area contributed by atoms with Crippen molar-refractivity contribution in [2.45, 2.75) is 13.3 Å². The third kappa shape index (κ3) is 4.09. The van der Waals surface area contributed by atoms with E-state index in [1.165, 1.54) is 11.3 Å². The molecule has 7 nitrogen and oxygen atoms in total. The molecule has 26 heavy (non-hydrogen) atoms. The predicted octanol–water partition coefficient (Wildman–Crippen LogP) is 4.30. The lowest BCUT2D eigenvalue weighted by atomic mass is 10.3. The number of carbonyl (C=O) groups is 2. The molecule has 3 aromatic rings. The summed E-state index contributed by atoms with van der Waals surface area (Å²) in [7, 11) is 1.55. The molecule has 0 unspecified atom stereocenters. The lowest BCUT2D eigenvalue weighted by Gasteiger charge is -2.10. The molecular formula is C18H18N4O3S. The van der Waals surface area contributed by atoms with Gasteiger partial charge in [-0.3, -0.25) is 4.79 Å². The molecule has 1 aromatic heterocycles. The van der Waals surface area contributed by atoms with Crippen LogP contribution < -0.4 is 20.7 Å². The second kappa shape index (κ2) is 7.83. The van der Waals surface area contributed by atoms with Crippen LogP contribution in [0.3, 0.4) is 0 Å². The molecular weight excluding hydrogens is 352 g/mol. The van der Waals surface area contributed by atoms with Crippen molar-refractivity contribution in [1.29, 1.82) is 0 Å². The summed E-state index contributed by atoms with van der Waals surface area (Å²) >= 11 is 1.36. The van der Waals surface area contributed by atoms with Gasteiger partial charge in [0, 0.05) is 12.1 Å². The van der Waals surface area contributed by atoms with E-state index in [1.807, 2.05) is 18.2 Å². The monoisotopic (exact) mass is 370 g/mol. The second-order valence-electron chi connectivity index (χ2n) is 5.38. The molecule has 1 heterocycles. The van der Waals surface area contributed by atoms with Crippen molar-refractivity contribution in [3.63, 3.8) is 0 Å². The van der Waals surface area contributed by atoms with Gasteiger partial charge in [0.15, 0.2) is 5.13 Å². The summed E-state index contributed by atoms with van der Waals surface area (Å²) in [4.78, 5) is 28.1. The average Bonchev–Trinajstić information content (AvgIpc) is 3.03. The van der Waals surface area contributed by atoms with Gasteiger partial charge < -0.3 is 20.7 Å². The Kier molecular flexibility index (Phi) is 5.33. The number of nitrogens with one attached hydrogen (secondary N) is 3. The van der Waals surface area contributed by atoms with Gasteiger partial charge in [0.25, 0.3) is 0 Å². The molecule has 0 bridgehead atoms. The van der Waals surface area contributed by atoms with Crippen LogP contribution in [0.1, 0.15) is 13.3 Å². The number of benzene rings is 2. The topological polar surface area (TPSA) is 92.4 Å². The normalized spacial score (nSPS) is 10.4. The van der Waals surface area contributed by atoms with Crippen LogP contribution in [0.5, 0.6) is 5.75 Å². The highest BCUT2D eigenvalue weighted by molar-refractivity contribution is 7.22. The van der Waals surface area contributed by atoms with Gasteiger partial charge in [-0.25, -0.2) is 9.78 Å². The first kappa shape index (κ1) is 17.7. The Hall–Kier alpha value is -3.13. The Bertz CT molecular complexity index is 955. The van der Waals surface area contributed by atoms with Gasteiger partial charge in [-0.2, -0.15) is 0 Å². The van der Waals surface area contributed by atoms with E-state index in [0.717, 1.165) is 10.2 Å². The summed E-state index contributed by atoms with van der Waals surface area (Å²) < 4.78 is 6.08. The van der Waals surface area contributed by atoms with Crippen molar-refractivity contribution < 1.29 is 14.3 Å². The first-order chi connectivity index (χ1) is 12.6. The molecule has 2 aromatic carbocycles. The molecule has 0 spiro atoms. The number of fused-ring (bicyclic) bond motifs is 1. The fourth-order valence-electron chi connectivity index (χ4n) is 2.30. The minimum absolute atomic E-state index is 0.0846. The van der Waals surface area contributed by atoms with Crippen molar-refractivity contribution in [3.05, 3.63) is 42.5 Å². The minimum Gasteiger partial charge on any atom is -0.495 e. The molecule has 0 saturated carbocycles. The largest absolute Gasteiger partial charge is 0.495 e. The van der Waals surface area contributed by atoms with Crippen LogP contribution >= 0.6 is 11.3 Å². The number of amides is 3. The lowest BCUT2D eigenvalue weighted by molar-refractivity contribution is -0.115. The highest BCUT2D eigenvalue weighted by Crippen LogP contribution is 2.29. The summed E-state index contributed by atoms with van der Waals surface area (Å²) in [5.74, 6) is 0.496. The molecule has 8 heteroatoms. The predicted molar refractivity (Wildman–Crippen MR) is 104 cm³/mol. The van der Waals surface area contributed by atoms with Crippen molar-refractivity contribution in [1.82, 2.24) is 4.98 Å². The fraction of sp³-hybridized carbons (Fsp3) is 0.167. The average molecular weight is 370 g/mol. The van der Waals surface area contributed by atoms with Crippen LogP contribution in [0, 0.1) is 0 Å². The number of hydrogen-bond donors (Lipinski definition) is 3. The fourth-order valence-corrected chi connectivity index (χ4v) is 3.22. The molecule has 0 atom stereocenters. The van der Waals surface area contributed by atoms with Crippen molar-refractivity contribution in [3.8, 4) is 5.75 Å². The van der Waals surface area contributed by atoms with Crippen LogP contribution in [-0.2, 0) is 4.79 Å². The molecule has 0 aliphatic heterocycles. The number of anilines is 3. The Morgan fingerprint density at radius 2 is 1.92 bits per heavy atom. The van der Waals surface area contributed by atoms with Gasteiger partial charge in [0.2, 0.25) is 5.91 Å². The summed E-state index contributed by atoms with van der Waals surface area (Å²) in [6.45, 7) is 1.78. The third-order valence-corrected chi connectivity index (χ3v) is 4.50. The summed E-state index contributed by atoms with van der Waals surface area (Å²) in [5, 5.41) is 8.82. The summed E-state index contributed by atoms with van der Waals surface area (Å²) in [6.07, 6.45) is 0.395. The quantitative estimate of drug-likeness (QED) is 0.624. The Balaban J connectivity index is 1.72. The number of urea groups is 1. The minimum atomic E-state index is -0.377. The molecule has 3 rings (SSSR count). The molecule has 0 aliphatic rings. The Morgan fingerprint density at radius 1 is 1.12 bits per heavy atom. The first-order valence-corrected chi connectivity index (χ1v) is 8.82. The maximum Gasteiger partial charge on any atom is 0.323 e. The number of carbonyl (C=O) groups excluding carboxylic acids is 2. The maximum atomic E-state index is 12.2. The summed E-state index contributed by atoms with van der Waals surface area (Å²) in [5.41, 5.74) is 1.97. The van der Waals surface area contributed by atoms with Gasteiger partial charge in [-0.05, 0) is 30.3 Å². The van der Waals surface area contributed by atoms with E-state index < -0.39 is 0 Å². The number of aromatic nitrogens is 1. The van der Waals surface area contributed by atoms with Crippen LogP contribution in [0.15, 0.2) is 42.5 Å². The molecule has 0 fully saturated rings. The van der Waals surface area contributed by atoms with Crippen molar-refractivity contribution >= 4 is 50.0 Å². The van der Waals surface area contributed by atoms with E-state index >= 15 is 0 Å². The van der Waals surface area contributed by atoms with E-state index in [-0.39, 0.29) is 11.9 Å². The molecule has 0 aliphatic carbocycles. The smallest absolute Gasteiger partial charge is 0.323 e. The van der Waals surface area contributed by atoms with E-state index in [1.54, 1.807) is 38.3 Å². The zero-order valence-electron chi connectivity index (χ0n) is 14.3. The molecule has 0 saturated heterocycles. The number of methoxy groups -OCH3 is 1. The van der Waals surface area contributed by atoms with E-state index in [9.17, 15) is 9.59 Å².